The number of hydrogen-bond acceptors (Lipinski definition) is 5. The van der Waals surface area contributed by atoms with Gasteiger partial charge in [0, 0.05) is 29.2 Å². The van der Waals surface area contributed by atoms with Crippen molar-refractivity contribution in [2.24, 2.45) is 0 Å². The lowest BCUT2D eigenvalue weighted by Gasteiger charge is -2.37. The number of hydrogen-bond donors (Lipinski definition) is 1. The first-order valence-electron chi connectivity index (χ1n) is 10.1. The van der Waals surface area contributed by atoms with Gasteiger partial charge in [0.05, 0.1) is 6.54 Å². The van der Waals surface area contributed by atoms with Crippen LogP contribution < -0.4 is 5.32 Å². The number of nitrogens with one attached hydrogen (secondary N) is 1. The van der Waals surface area contributed by atoms with Gasteiger partial charge in [-0.05, 0) is 31.4 Å². The molecule has 2 fully saturated rings. The molecule has 0 unspecified atom stereocenters. The molecule has 1 N–H and O–H groups in total. The van der Waals surface area contributed by atoms with Crippen molar-refractivity contribution in [2.75, 3.05) is 6.54 Å². The highest BCUT2D eigenvalue weighted by molar-refractivity contribution is 6.09. The van der Waals surface area contributed by atoms with Gasteiger partial charge in [-0.2, -0.15) is 0 Å². The maximum atomic E-state index is 12.8. The van der Waals surface area contributed by atoms with Crippen LogP contribution in [0.5, 0.6) is 0 Å². The van der Waals surface area contributed by atoms with E-state index in [1.165, 1.54) is 4.90 Å². The number of rotatable bonds is 5. The van der Waals surface area contributed by atoms with Gasteiger partial charge in [0.15, 0.2) is 0 Å². The molecule has 2 aromatic heterocycles. The Balaban J connectivity index is 1.54. The van der Waals surface area contributed by atoms with Crippen LogP contribution in [0.4, 0.5) is 4.79 Å². The molecule has 2 aromatic rings. The fraction of sp³-hybridized carbons (Fsp3) is 0.409. The molecule has 1 aliphatic carbocycles. The monoisotopic (exact) mass is 392 g/mol. The van der Waals surface area contributed by atoms with Crippen molar-refractivity contribution < 1.29 is 14.4 Å². The Hall–Kier alpha value is -3.09. The van der Waals surface area contributed by atoms with Crippen molar-refractivity contribution in [3.63, 3.8) is 0 Å². The summed E-state index contributed by atoms with van der Waals surface area (Å²) in [7, 11) is 0. The number of aryl methyl sites for hydroxylation is 1. The van der Waals surface area contributed by atoms with E-state index in [-0.39, 0.29) is 23.9 Å². The largest absolute Gasteiger partial charge is 0.325 e. The van der Waals surface area contributed by atoms with Crippen molar-refractivity contribution in [3.05, 3.63) is 48.0 Å². The second kappa shape index (κ2) is 7.73. The first kappa shape index (κ1) is 19.2. The van der Waals surface area contributed by atoms with Crippen LogP contribution in [0.3, 0.4) is 0 Å². The third-order valence-electron chi connectivity index (χ3n) is 5.97. The van der Waals surface area contributed by atoms with Gasteiger partial charge in [0.1, 0.15) is 11.2 Å². The third-order valence-corrected chi connectivity index (χ3v) is 5.97. The number of imide groups is 1. The zero-order valence-electron chi connectivity index (χ0n) is 16.5. The zero-order chi connectivity index (χ0) is 20.4. The second-order valence-corrected chi connectivity index (χ2v) is 7.64. The average Bonchev–Trinajstić information content (AvgIpc) is 2.98. The molecule has 1 saturated carbocycles. The molecule has 4 rings (SSSR count). The van der Waals surface area contributed by atoms with Crippen LogP contribution in [-0.2, 0) is 11.2 Å². The van der Waals surface area contributed by atoms with Gasteiger partial charge in [0.2, 0.25) is 5.78 Å². The molecule has 3 amide bonds. The fourth-order valence-electron chi connectivity index (χ4n) is 4.38. The SMILES string of the molecule is CCc1ncccc1-c1ccc(C(=O)CN2C(=O)NC(=O)C23CCCCC3)nc1. The molecule has 29 heavy (non-hydrogen) atoms. The van der Waals surface area contributed by atoms with Crippen LogP contribution >= 0.6 is 0 Å². The number of carbonyl (C=O) groups is 3. The highest BCUT2D eigenvalue weighted by Gasteiger charge is 2.53. The van der Waals surface area contributed by atoms with E-state index >= 15 is 0 Å². The van der Waals surface area contributed by atoms with Crippen molar-refractivity contribution in [2.45, 2.75) is 51.0 Å². The van der Waals surface area contributed by atoms with Gasteiger partial charge in [-0.25, -0.2) is 4.79 Å². The maximum absolute atomic E-state index is 12.8. The summed E-state index contributed by atoms with van der Waals surface area (Å²) in [5, 5.41) is 2.40. The minimum Gasteiger partial charge on any atom is -0.302 e. The maximum Gasteiger partial charge on any atom is 0.325 e. The molecular weight excluding hydrogens is 368 g/mol. The Morgan fingerprint density at radius 1 is 1.14 bits per heavy atom. The summed E-state index contributed by atoms with van der Waals surface area (Å²) in [6, 6.07) is 6.90. The Bertz CT molecular complexity index is 949. The molecule has 7 heteroatoms. The second-order valence-electron chi connectivity index (χ2n) is 7.64. The van der Waals surface area contributed by atoms with Crippen molar-refractivity contribution >= 4 is 17.7 Å². The summed E-state index contributed by atoms with van der Waals surface area (Å²) in [4.78, 5) is 47.8. The lowest BCUT2D eigenvalue weighted by atomic mass is 9.80. The Morgan fingerprint density at radius 3 is 2.62 bits per heavy atom. The van der Waals surface area contributed by atoms with Crippen LogP contribution in [0, 0.1) is 0 Å². The number of amides is 3. The van der Waals surface area contributed by atoms with Gasteiger partial charge in [-0.3, -0.25) is 24.9 Å². The number of ketones is 1. The number of carbonyl (C=O) groups excluding carboxylic acids is 3. The predicted octanol–water partition coefficient (Wildman–Crippen LogP) is 3.14. The highest BCUT2D eigenvalue weighted by Crippen LogP contribution is 2.37. The summed E-state index contributed by atoms with van der Waals surface area (Å²) >= 11 is 0. The highest BCUT2D eigenvalue weighted by atomic mass is 16.2. The normalized spacial score (nSPS) is 18.2. The molecule has 7 nitrogen and oxygen atoms in total. The first-order chi connectivity index (χ1) is 14.0. The standard InChI is InChI=1S/C22H24N4O3/c1-2-17-16(7-6-12-23-17)15-8-9-18(24-13-15)19(27)14-26-21(29)25-20(28)22(26)10-4-3-5-11-22/h6-9,12-13H,2-5,10-11,14H2,1H3,(H,25,28,29). The predicted molar refractivity (Wildman–Crippen MR) is 107 cm³/mol. The van der Waals surface area contributed by atoms with E-state index in [4.69, 9.17) is 0 Å². The molecule has 150 valence electrons. The van der Waals surface area contributed by atoms with E-state index in [0.29, 0.717) is 12.8 Å². The number of pyridine rings is 2. The van der Waals surface area contributed by atoms with E-state index in [2.05, 4.69) is 15.3 Å². The number of Topliss-reactive ketones (excluding diaryl/α,β-unsaturated/α-hetero) is 1. The molecule has 0 atom stereocenters. The summed E-state index contributed by atoms with van der Waals surface area (Å²) in [5.74, 6) is -0.546. The number of aromatic nitrogens is 2. The summed E-state index contributed by atoms with van der Waals surface area (Å²) in [6.45, 7) is 1.90. The molecule has 1 spiro atoms. The minimum atomic E-state index is -0.878. The van der Waals surface area contributed by atoms with Crippen LogP contribution in [0.15, 0.2) is 36.7 Å². The van der Waals surface area contributed by atoms with Crippen molar-refractivity contribution in [3.8, 4) is 11.1 Å². The molecule has 1 saturated heterocycles. The quantitative estimate of drug-likeness (QED) is 0.623. The lowest BCUT2D eigenvalue weighted by Crippen LogP contribution is -2.52. The molecule has 0 bridgehead atoms. The summed E-state index contributed by atoms with van der Waals surface area (Å²) in [6.07, 6.45) is 8.23. The van der Waals surface area contributed by atoms with E-state index in [1.807, 2.05) is 25.1 Å². The van der Waals surface area contributed by atoms with Gasteiger partial charge in [-0.15, -0.1) is 0 Å². The lowest BCUT2D eigenvalue weighted by molar-refractivity contribution is -0.128. The Morgan fingerprint density at radius 2 is 1.93 bits per heavy atom. The number of nitrogens with zero attached hydrogens (tertiary/aromatic N) is 3. The Labute approximate surface area is 169 Å². The van der Waals surface area contributed by atoms with Gasteiger partial charge < -0.3 is 4.90 Å². The van der Waals surface area contributed by atoms with Gasteiger partial charge in [-0.1, -0.05) is 38.3 Å². The van der Waals surface area contributed by atoms with E-state index in [1.54, 1.807) is 18.5 Å². The molecular formula is C22H24N4O3. The summed E-state index contributed by atoms with van der Waals surface area (Å²) in [5.41, 5.74) is 2.27. The van der Waals surface area contributed by atoms with Crippen LogP contribution in [0.1, 0.15) is 55.2 Å². The topological polar surface area (TPSA) is 92.3 Å². The van der Waals surface area contributed by atoms with E-state index in [0.717, 1.165) is 42.5 Å². The third kappa shape index (κ3) is 3.41. The van der Waals surface area contributed by atoms with Crippen LogP contribution in [0.25, 0.3) is 11.1 Å². The van der Waals surface area contributed by atoms with E-state index in [9.17, 15) is 14.4 Å². The number of urea groups is 1. The minimum absolute atomic E-state index is 0.142. The Kier molecular flexibility index (Phi) is 5.13. The molecule has 0 radical (unpaired) electrons. The zero-order valence-corrected chi connectivity index (χ0v) is 16.5. The molecule has 0 aromatic carbocycles. The van der Waals surface area contributed by atoms with Crippen LogP contribution in [0.2, 0.25) is 0 Å². The van der Waals surface area contributed by atoms with Crippen molar-refractivity contribution in [1.29, 1.82) is 0 Å². The van der Waals surface area contributed by atoms with E-state index < -0.39 is 11.6 Å². The first-order valence-corrected chi connectivity index (χ1v) is 10.1. The average molecular weight is 392 g/mol. The fourth-order valence-corrected chi connectivity index (χ4v) is 4.38. The van der Waals surface area contributed by atoms with Gasteiger partial charge in [0.25, 0.3) is 5.91 Å². The molecule has 3 heterocycles. The molecule has 2 aliphatic rings. The smallest absolute Gasteiger partial charge is 0.302 e. The molecule has 1 aliphatic heterocycles. The summed E-state index contributed by atoms with van der Waals surface area (Å²) < 4.78 is 0. The van der Waals surface area contributed by atoms with Gasteiger partial charge >= 0.3 is 6.03 Å². The van der Waals surface area contributed by atoms with Crippen LogP contribution in [-0.4, -0.2) is 44.7 Å². The van der Waals surface area contributed by atoms with Crippen molar-refractivity contribution in [1.82, 2.24) is 20.2 Å².